The molecule has 0 aliphatic carbocycles. The van der Waals surface area contributed by atoms with Crippen molar-refractivity contribution in [2.45, 2.75) is 33.1 Å². The maximum Gasteiger partial charge on any atom is 0.255 e. The van der Waals surface area contributed by atoms with E-state index >= 15 is 0 Å². The number of halogens is 1. The van der Waals surface area contributed by atoms with Crippen molar-refractivity contribution in [2.75, 3.05) is 5.32 Å². The predicted octanol–water partition coefficient (Wildman–Crippen LogP) is 3.99. The maximum atomic E-state index is 12.4. The quantitative estimate of drug-likeness (QED) is 0.854. The van der Waals surface area contributed by atoms with E-state index in [2.05, 4.69) is 15.3 Å². The lowest BCUT2D eigenvalue weighted by Crippen LogP contribution is -2.18. The van der Waals surface area contributed by atoms with Gasteiger partial charge in [0.15, 0.2) is 0 Å². The lowest BCUT2D eigenvalue weighted by molar-refractivity contribution is 0.102. The van der Waals surface area contributed by atoms with Crippen LogP contribution < -0.4 is 5.32 Å². The number of nitrogens with zero attached hydrogens (tertiary/aromatic N) is 2. The molecule has 2 rings (SSSR count). The molecule has 0 atom stereocenters. The van der Waals surface area contributed by atoms with Gasteiger partial charge in [0.05, 0.1) is 0 Å². The van der Waals surface area contributed by atoms with Gasteiger partial charge in [-0.05, 0) is 30.7 Å². The Morgan fingerprint density at radius 2 is 2.00 bits per heavy atom. The third-order valence-corrected chi connectivity index (χ3v) is 3.29. The zero-order valence-corrected chi connectivity index (χ0v) is 13.3. The van der Waals surface area contributed by atoms with Crippen molar-refractivity contribution in [1.82, 2.24) is 9.97 Å². The number of amides is 1. The molecule has 0 aliphatic rings. The Kier molecular flexibility index (Phi) is 4.28. The largest absolute Gasteiger partial charge is 0.322 e. The lowest BCUT2D eigenvalue weighted by atomic mass is 9.91. The second-order valence-corrected chi connectivity index (χ2v) is 6.35. The summed E-state index contributed by atoms with van der Waals surface area (Å²) in [6.07, 6.45) is 3.35. The molecule has 1 N–H and O–H groups in total. The van der Waals surface area contributed by atoms with E-state index in [-0.39, 0.29) is 11.3 Å². The highest BCUT2D eigenvalue weighted by Gasteiger charge is 2.19. The third-order valence-electron chi connectivity index (χ3n) is 3.09. The minimum Gasteiger partial charge on any atom is -0.322 e. The smallest absolute Gasteiger partial charge is 0.255 e. The molecule has 4 nitrogen and oxygen atoms in total. The van der Waals surface area contributed by atoms with Crippen molar-refractivity contribution < 1.29 is 4.79 Å². The molecule has 2 aromatic heterocycles. The summed E-state index contributed by atoms with van der Waals surface area (Å²) in [6, 6.07) is 5.11. The normalized spacial score (nSPS) is 11.3. The van der Waals surface area contributed by atoms with Gasteiger partial charge in [-0.1, -0.05) is 32.4 Å². The molecule has 0 saturated carbocycles. The fourth-order valence-electron chi connectivity index (χ4n) is 1.82. The van der Waals surface area contributed by atoms with Gasteiger partial charge in [0.25, 0.3) is 5.91 Å². The van der Waals surface area contributed by atoms with Crippen LogP contribution in [-0.4, -0.2) is 15.9 Å². The molecule has 0 aliphatic heterocycles. The molecule has 110 valence electrons. The van der Waals surface area contributed by atoms with Gasteiger partial charge in [-0.3, -0.25) is 9.78 Å². The third kappa shape index (κ3) is 3.79. The van der Waals surface area contributed by atoms with E-state index in [9.17, 15) is 4.79 Å². The van der Waals surface area contributed by atoms with Crippen LogP contribution in [0.4, 0.5) is 5.69 Å². The molecule has 0 spiro atoms. The van der Waals surface area contributed by atoms with Crippen molar-refractivity contribution >= 4 is 23.2 Å². The van der Waals surface area contributed by atoms with Crippen LogP contribution in [-0.2, 0) is 5.41 Å². The number of carbonyl (C=O) groups is 1. The van der Waals surface area contributed by atoms with Crippen LogP contribution in [0, 0.1) is 6.92 Å². The molecular formula is C16H18ClN3O. The number of pyridine rings is 2. The summed E-state index contributed by atoms with van der Waals surface area (Å²) < 4.78 is 0. The SMILES string of the molecule is Cc1cnccc1NC(=O)c1cc(Cl)nc(C(C)(C)C)c1. The molecule has 2 aromatic rings. The van der Waals surface area contributed by atoms with Crippen LogP contribution in [0.25, 0.3) is 0 Å². The number of nitrogens with one attached hydrogen (secondary N) is 1. The minimum atomic E-state index is -0.209. The van der Waals surface area contributed by atoms with Crippen molar-refractivity contribution in [3.05, 3.63) is 52.6 Å². The Labute approximate surface area is 129 Å². The Morgan fingerprint density at radius 3 is 2.62 bits per heavy atom. The zero-order valence-electron chi connectivity index (χ0n) is 12.6. The van der Waals surface area contributed by atoms with Crippen LogP contribution >= 0.6 is 11.6 Å². The first-order chi connectivity index (χ1) is 9.77. The Morgan fingerprint density at radius 1 is 1.29 bits per heavy atom. The summed E-state index contributed by atoms with van der Waals surface area (Å²) in [4.78, 5) is 20.7. The van der Waals surface area contributed by atoms with Gasteiger partial charge in [-0.25, -0.2) is 4.98 Å². The summed E-state index contributed by atoms with van der Waals surface area (Å²) in [5, 5.41) is 3.19. The average molecular weight is 304 g/mol. The standard InChI is InChI=1S/C16H18ClN3O/c1-10-9-18-6-5-12(10)19-15(21)11-7-13(16(2,3)4)20-14(17)8-11/h5-9H,1-4H3,(H,18,19,21). The number of rotatable bonds is 2. The van der Waals surface area contributed by atoms with Gasteiger partial charge >= 0.3 is 0 Å². The molecule has 0 fully saturated rings. The first kappa shape index (κ1) is 15.4. The van der Waals surface area contributed by atoms with Gasteiger partial charge in [0, 0.05) is 34.8 Å². The minimum absolute atomic E-state index is 0.174. The fraction of sp³-hybridized carbons (Fsp3) is 0.312. The summed E-state index contributed by atoms with van der Waals surface area (Å²) in [6.45, 7) is 7.98. The molecule has 0 radical (unpaired) electrons. The first-order valence-corrected chi connectivity index (χ1v) is 7.05. The molecule has 5 heteroatoms. The fourth-order valence-corrected chi connectivity index (χ4v) is 2.03. The van der Waals surface area contributed by atoms with E-state index in [1.165, 1.54) is 0 Å². The van der Waals surface area contributed by atoms with Gasteiger partial charge in [0.1, 0.15) is 5.15 Å². The average Bonchev–Trinajstić information content (AvgIpc) is 2.39. The highest BCUT2D eigenvalue weighted by atomic mass is 35.5. The molecule has 0 aromatic carbocycles. The second kappa shape index (κ2) is 5.82. The number of aryl methyl sites for hydroxylation is 1. The molecule has 0 bridgehead atoms. The highest BCUT2D eigenvalue weighted by molar-refractivity contribution is 6.29. The van der Waals surface area contributed by atoms with Crippen molar-refractivity contribution in [3.63, 3.8) is 0 Å². The predicted molar refractivity (Wildman–Crippen MR) is 84.9 cm³/mol. The van der Waals surface area contributed by atoms with E-state index in [0.29, 0.717) is 10.7 Å². The van der Waals surface area contributed by atoms with Gasteiger partial charge in [-0.2, -0.15) is 0 Å². The number of aromatic nitrogens is 2. The van der Waals surface area contributed by atoms with E-state index in [1.807, 2.05) is 27.7 Å². The molecule has 2 heterocycles. The summed E-state index contributed by atoms with van der Waals surface area (Å²) in [5.41, 5.74) is 2.75. The topological polar surface area (TPSA) is 54.9 Å². The van der Waals surface area contributed by atoms with Crippen LogP contribution in [0.15, 0.2) is 30.6 Å². The monoisotopic (exact) mass is 303 g/mol. The zero-order chi connectivity index (χ0) is 15.6. The van der Waals surface area contributed by atoms with E-state index < -0.39 is 0 Å². The maximum absolute atomic E-state index is 12.4. The number of anilines is 1. The van der Waals surface area contributed by atoms with Crippen molar-refractivity contribution in [2.24, 2.45) is 0 Å². The van der Waals surface area contributed by atoms with E-state index in [1.54, 1.807) is 30.6 Å². The molecule has 21 heavy (non-hydrogen) atoms. The summed E-state index contributed by atoms with van der Waals surface area (Å²) in [7, 11) is 0. The van der Waals surface area contributed by atoms with Crippen LogP contribution in [0.5, 0.6) is 0 Å². The highest BCUT2D eigenvalue weighted by Crippen LogP contribution is 2.24. The van der Waals surface area contributed by atoms with Crippen molar-refractivity contribution in [3.8, 4) is 0 Å². The first-order valence-electron chi connectivity index (χ1n) is 6.67. The second-order valence-electron chi connectivity index (χ2n) is 5.96. The molecular weight excluding hydrogens is 286 g/mol. The van der Waals surface area contributed by atoms with E-state index in [0.717, 1.165) is 16.9 Å². The number of hydrogen-bond acceptors (Lipinski definition) is 3. The van der Waals surface area contributed by atoms with Gasteiger partial charge in [-0.15, -0.1) is 0 Å². The van der Waals surface area contributed by atoms with E-state index in [4.69, 9.17) is 11.6 Å². The molecule has 1 amide bonds. The Balaban J connectivity index is 2.32. The van der Waals surface area contributed by atoms with Gasteiger partial charge < -0.3 is 5.32 Å². The van der Waals surface area contributed by atoms with Crippen molar-refractivity contribution in [1.29, 1.82) is 0 Å². The summed E-state index contributed by atoms with van der Waals surface area (Å²) >= 11 is 6.03. The Hall–Kier alpha value is -1.94. The summed E-state index contributed by atoms with van der Waals surface area (Å²) in [5.74, 6) is -0.209. The van der Waals surface area contributed by atoms with Crippen LogP contribution in [0.3, 0.4) is 0 Å². The van der Waals surface area contributed by atoms with Gasteiger partial charge in [0.2, 0.25) is 0 Å². The number of carbonyl (C=O) groups excluding carboxylic acids is 1. The number of hydrogen-bond donors (Lipinski definition) is 1. The van der Waals surface area contributed by atoms with Crippen LogP contribution in [0.1, 0.15) is 42.4 Å². The lowest BCUT2D eigenvalue weighted by Gasteiger charge is -2.18. The molecule has 0 unspecified atom stereocenters. The Bertz CT molecular complexity index is 677. The van der Waals surface area contributed by atoms with Crippen LogP contribution in [0.2, 0.25) is 5.15 Å². The molecule has 0 saturated heterocycles.